The third-order valence-electron chi connectivity index (χ3n) is 3.43. The molecule has 1 atom stereocenters. The van der Waals surface area contributed by atoms with Crippen molar-refractivity contribution in [2.24, 2.45) is 11.7 Å². The number of nitrogens with one attached hydrogen (secondary N) is 1. The normalized spacial score (nSPS) is 28.7. The summed E-state index contributed by atoms with van der Waals surface area (Å²) in [6.07, 6.45) is 9.14. The highest BCUT2D eigenvalue weighted by Crippen LogP contribution is 2.20. The van der Waals surface area contributed by atoms with Crippen LogP contribution in [-0.4, -0.2) is 30.7 Å². The highest BCUT2D eigenvalue weighted by molar-refractivity contribution is 5.23. The number of piperidine rings is 1. The second-order valence-corrected chi connectivity index (χ2v) is 4.59. The zero-order chi connectivity index (χ0) is 10.7. The smallest absolute Gasteiger partial charge is 0.103 e. The third kappa shape index (κ3) is 2.41. The van der Waals surface area contributed by atoms with Crippen LogP contribution in [-0.2, 0) is 0 Å². The minimum atomic E-state index is 0.340. The molecule has 0 bridgehead atoms. The van der Waals surface area contributed by atoms with Gasteiger partial charge in [0.2, 0.25) is 0 Å². The molecule has 3 nitrogen and oxygen atoms in total. The van der Waals surface area contributed by atoms with Crippen molar-refractivity contribution in [3.63, 3.8) is 0 Å². The number of nitrogens with zero attached hydrogens (tertiary/aromatic N) is 1. The average Bonchev–Trinajstić information content (AvgIpc) is 2.30. The first kappa shape index (κ1) is 10.7. The highest BCUT2D eigenvalue weighted by atomic mass is 15.3. The Bertz CT molecular complexity index is 262. The Morgan fingerprint density at radius 3 is 2.87 bits per heavy atom. The van der Waals surface area contributed by atoms with Crippen LogP contribution in [0.25, 0.3) is 0 Å². The molecule has 2 rings (SSSR count). The molecule has 3 heteroatoms. The third-order valence-corrected chi connectivity index (χ3v) is 3.43. The summed E-state index contributed by atoms with van der Waals surface area (Å²) in [5.41, 5.74) is 7.06. The van der Waals surface area contributed by atoms with Gasteiger partial charge in [-0.1, -0.05) is 13.0 Å². The molecular formula is C12H21N3. The van der Waals surface area contributed by atoms with Gasteiger partial charge in [0.05, 0.1) is 0 Å². The SMILES string of the molecule is CC1CCN(C2NC=CC=C2CN)CC1. The molecule has 0 aliphatic carbocycles. The Balaban J connectivity index is 1.98. The molecule has 84 valence electrons. The fourth-order valence-corrected chi connectivity index (χ4v) is 2.32. The summed E-state index contributed by atoms with van der Waals surface area (Å²) in [7, 11) is 0. The molecule has 3 N–H and O–H groups in total. The summed E-state index contributed by atoms with van der Waals surface area (Å²) in [4.78, 5) is 2.50. The molecule has 0 aromatic carbocycles. The van der Waals surface area contributed by atoms with E-state index in [1.54, 1.807) is 0 Å². The van der Waals surface area contributed by atoms with Crippen molar-refractivity contribution in [2.45, 2.75) is 25.9 Å². The molecule has 0 amide bonds. The van der Waals surface area contributed by atoms with Crippen LogP contribution >= 0.6 is 0 Å². The van der Waals surface area contributed by atoms with Crippen molar-refractivity contribution in [3.05, 3.63) is 23.9 Å². The molecule has 2 aliphatic heterocycles. The lowest BCUT2D eigenvalue weighted by atomic mass is 9.97. The van der Waals surface area contributed by atoms with Gasteiger partial charge < -0.3 is 11.1 Å². The van der Waals surface area contributed by atoms with E-state index in [0.29, 0.717) is 12.7 Å². The Morgan fingerprint density at radius 2 is 2.20 bits per heavy atom. The van der Waals surface area contributed by atoms with E-state index in [-0.39, 0.29) is 0 Å². The number of hydrogen-bond donors (Lipinski definition) is 2. The molecule has 2 aliphatic rings. The maximum Gasteiger partial charge on any atom is 0.103 e. The molecule has 2 heterocycles. The number of dihydropyridines is 1. The zero-order valence-electron chi connectivity index (χ0n) is 9.45. The van der Waals surface area contributed by atoms with Crippen LogP contribution < -0.4 is 11.1 Å². The van der Waals surface area contributed by atoms with Crippen molar-refractivity contribution >= 4 is 0 Å². The second-order valence-electron chi connectivity index (χ2n) is 4.59. The summed E-state index contributed by atoms with van der Waals surface area (Å²) < 4.78 is 0. The zero-order valence-corrected chi connectivity index (χ0v) is 9.45. The Hall–Kier alpha value is -0.800. The molecule has 15 heavy (non-hydrogen) atoms. The molecule has 1 fully saturated rings. The molecule has 0 saturated carbocycles. The Labute approximate surface area is 92.0 Å². The van der Waals surface area contributed by atoms with Crippen LogP contribution in [0.2, 0.25) is 0 Å². The molecule has 0 spiro atoms. The second kappa shape index (κ2) is 4.81. The first-order valence-corrected chi connectivity index (χ1v) is 5.87. The lowest BCUT2D eigenvalue weighted by molar-refractivity contribution is 0.142. The van der Waals surface area contributed by atoms with E-state index in [1.807, 2.05) is 12.3 Å². The molecule has 0 aromatic heterocycles. The number of allylic oxidation sites excluding steroid dienone is 2. The predicted molar refractivity (Wildman–Crippen MR) is 63.2 cm³/mol. The van der Waals surface area contributed by atoms with E-state index in [0.717, 1.165) is 5.92 Å². The first-order chi connectivity index (χ1) is 7.31. The molecule has 1 unspecified atom stereocenters. The molecule has 0 radical (unpaired) electrons. The van der Waals surface area contributed by atoms with Gasteiger partial charge in [-0.2, -0.15) is 0 Å². The van der Waals surface area contributed by atoms with E-state index in [4.69, 9.17) is 5.73 Å². The average molecular weight is 207 g/mol. The van der Waals surface area contributed by atoms with E-state index in [9.17, 15) is 0 Å². The standard InChI is InChI=1S/C12H21N3/c1-10-4-7-15(8-5-10)12-11(9-13)3-2-6-14-12/h2-3,6,10,12,14H,4-5,7-9,13H2,1H3. The van der Waals surface area contributed by atoms with Gasteiger partial charge in [0.15, 0.2) is 0 Å². The van der Waals surface area contributed by atoms with Crippen molar-refractivity contribution in [1.29, 1.82) is 0 Å². The van der Waals surface area contributed by atoms with Gasteiger partial charge in [-0.3, -0.25) is 4.90 Å². The number of nitrogens with two attached hydrogens (primary N) is 1. The number of hydrogen-bond acceptors (Lipinski definition) is 3. The summed E-state index contributed by atoms with van der Waals surface area (Å²) in [6, 6.07) is 0. The Morgan fingerprint density at radius 1 is 1.47 bits per heavy atom. The largest absolute Gasteiger partial charge is 0.372 e. The highest BCUT2D eigenvalue weighted by Gasteiger charge is 2.25. The molecule has 0 aromatic rings. The van der Waals surface area contributed by atoms with Gasteiger partial charge in [-0.25, -0.2) is 0 Å². The number of likely N-dealkylation sites (tertiary alicyclic amines) is 1. The minimum Gasteiger partial charge on any atom is -0.372 e. The van der Waals surface area contributed by atoms with Crippen LogP contribution in [0.1, 0.15) is 19.8 Å². The van der Waals surface area contributed by atoms with Crippen molar-refractivity contribution in [1.82, 2.24) is 10.2 Å². The lowest BCUT2D eigenvalue weighted by Crippen LogP contribution is -2.50. The van der Waals surface area contributed by atoms with Crippen molar-refractivity contribution in [2.75, 3.05) is 19.6 Å². The van der Waals surface area contributed by atoms with Crippen LogP contribution in [0.5, 0.6) is 0 Å². The van der Waals surface area contributed by atoms with Crippen LogP contribution in [0.15, 0.2) is 23.9 Å². The first-order valence-electron chi connectivity index (χ1n) is 5.87. The van der Waals surface area contributed by atoms with Crippen LogP contribution in [0.3, 0.4) is 0 Å². The molecule has 1 saturated heterocycles. The number of rotatable bonds is 2. The fourth-order valence-electron chi connectivity index (χ4n) is 2.32. The van der Waals surface area contributed by atoms with E-state index < -0.39 is 0 Å². The van der Waals surface area contributed by atoms with E-state index in [2.05, 4.69) is 23.2 Å². The van der Waals surface area contributed by atoms with Gasteiger partial charge in [0.1, 0.15) is 6.17 Å². The fraction of sp³-hybridized carbons (Fsp3) is 0.667. The van der Waals surface area contributed by atoms with Gasteiger partial charge in [0.25, 0.3) is 0 Å². The Kier molecular flexibility index (Phi) is 3.44. The van der Waals surface area contributed by atoms with Gasteiger partial charge in [-0.05, 0) is 36.6 Å². The summed E-state index contributed by atoms with van der Waals surface area (Å²) in [5, 5.41) is 3.40. The maximum atomic E-state index is 5.76. The monoisotopic (exact) mass is 207 g/mol. The summed E-state index contributed by atoms with van der Waals surface area (Å²) >= 11 is 0. The van der Waals surface area contributed by atoms with Crippen LogP contribution in [0, 0.1) is 5.92 Å². The molecular weight excluding hydrogens is 186 g/mol. The quantitative estimate of drug-likeness (QED) is 0.711. The van der Waals surface area contributed by atoms with Gasteiger partial charge >= 0.3 is 0 Å². The van der Waals surface area contributed by atoms with E-state index in [1.165, 1.54) is 31.5 Å². The van der Waals surface area contributed by atoms with Crippen molar-refractivity contribution < 1.29 is 0 Å². The van der Waals surface area contributed by atoms with Gasteiger partial charge in [0, 0.05) is 19.6 Å². The summed E-state index contributed by atoms with van der Waals surface area (Å²) in [6.45, 7) is 5.35. The summed E-state index contributed by atoms with van der Waals surface area (Å²) in [5.74, 6) is 0.880. The van der Waals surface area contributed by atoms with Crippen LogP contribution in [0.4, 0.5) is 0 Å². The predicted octanol–water partition coefficient (Wildman–Crippen LogP) is 1.05. The minimum absolute atomic E-state index is 0.340. The van der Waals surface area contributed by atoms with Crippen molar-refractivity contribution in [3.8, 4) is 0 Å². The van der Waals surface area contributed by atoms with E-state index >= 15 is 0 Å². The maximum absolute atomic E-state index is 5.76. The lowest BCUT2D eigenvalue weighted by Gasteiger charge is -2.38. The topological polar surface area (TPSA) is 41.3 Å². The van der Waals surface area contributed by atoms with Gasteiger partial charge in [-0.15, -0.1) is 0 Å².